The van der Waals surface area contributed by atoms with E-state index in [-0.39, 0.29) is 48.3 Å². The maximum atomic E-state index is 13.3. The Morgan fingerprint density at radius 3 is 2.22 bits per heavy atom. The van der Waals surface area contributed by atoms with Crippen LogP contribution in [-0.2, 0) is 32.1 Å². The molecule has 3 rings (SSSR count). The number of carbonyl (C=O) groups is 5. The Hall–Kier alpha value is -4.43. The molecule has 277 valence electrons. The standard InChI is InChI=1S/C37H54BN6O7/c1-4-20-43(21-5-2)25-34(47)39-19-7-6-9-31(42-33(46)23-27-13-17-30(45)18-14-27)36(49)40-24-28-11-15-29(16-12-28)35(48)41-26(3)37(50)44-22-8-10-32(44)38-51/h11-18,26,31-32,45,51H,4-10,19-25H2,1-3H3,(H,39,47)(H,40,49)(H,41,48)(H,42,46). The Morgan fingerprint density at radius 1 is 0.902 bits per heavy atom. The van der Waals surface area contributed by atoms with Gasteiger partial charge in [-0.2, -0.15) is 0 Å². The van der Waals surface area contributed by atoms with Gasteiger partial charge in [-0.3, -0.25) is 28.9 Å². The first-order chi connectivity index (χ1) is 24.5. The summed E-state index contributed by atoms with van der Waals surface area (Å²) >= 11 is 0. The summed E-state index contributed by atoms with van der Waals surface area (Å²) < 4.78 is 0. The normalized spacial score (nSPS) is 15.2. The second-order valence-corrected chi connectivity index (χ2v) is 13.1. The lowest BCUT2D eigenvalue weighted by Crippen LogP contribution is -2.49. The van der Waals surface area contributed by atoms with Gasteiger partial charge in [0.15, 0.2) is 0 Å². The van der Waals surface area contributed by atoms with Crippen molar-refractivity contribution in [3.05, 3.63) is 65.2 Å². The summed E-state index contributed by atoms with van der Waals surface area (Å²) in [5.74, 6) is -1.65. The molecule has 0 bridgehead atoms. The van der Waals surface area contributed by atoms with Crippen LogP contribution in [-0.4, -0.2) is 108 Å². The van der Waals surface area contributed by atoms with Gasteiger partial charge in [0.25, 0.3) is 5.91 Å². The molecule has 6 N–H and O–H groups in total. The lowest BCUT2D eigenvalue weighted by Gasteiger charge is -2.26. The first-order valence-corrected chi connectivity index (χ1v) is 18.1. The monoisotopic (exact) mass is 705 g/mol. The van der Waals surface area contributed by atoms with Gasteiger partial charge < -0.3 is 36.3 Å². The smallest absolute Gasteiger partial charge is 0.312 e. The van der Waals surface area contributed by atoms with E-state index in [1.807, 2.05) is 0 Å². The Morgan fingerprint density at radius 2 is 1.57 bits per heavy atom. The Kier molecular flexibility index (Phi) is 17.5. The molecular weight excluding hydrogens is 651 g/mol. The first-order valence-electron chi connectivity index (χ1n) is 18.1. The molecule has 0 aliphatic carbocycles. The minimum Gasteiger partial charge on any atom is -0.508 e. The van der Waals surface area contributed by atoms with Crippen LogP contribution in [0.3, 0.4) is 0 Å². The number of amides is 5. The van der Waals surface area contributed by atoms with Crippen molar-refractivity contribution >= 4 is 37.0 Å². The molecule has 1 aliphatic heterocycles. The van der Waals surface area contributed by atoms with E-state index in [2.05, 4.69) is 40.0 Å². The molecule has 1 radical (unpaired) electrons. The molecule has 1 saturated heterocycles. The van der Waals surface area contributed by atoms with Gasteiger partial charge in [0.2, 0.25) is 23.6 Å². The SMILES string of the molecule is CCCN(CCC)CC(=O)NCCCCC(NC(=O)Cc1ccc(O)cc1)C(=O)NCc1ccc(C(=O)NC(C)C(=O)N2CCCC2[B]O)cc1. The number of likely N-dealkylation sites (tertiary alicyclic amines) is 1. The van der Waals surface area contributed by atoms with Crippen molar-refractivity contribution in [1.82, 2.24) is 31.1 Å². The number of phenols is 1. The fourth-order valence-corrected chi connectivity index (χ4v) is 6.07. The molecule has 2 aromatic carbocycles. The van der Waals surface area contributed by atoms with Crippen LogP contribution < -0.4 is 21.3 Å². The second kappa shape index (κ2) is 21.7. The molecular formula is C37H54BN6O7. The molecule has 0 aromatic heterocycles. The first kappa shape index (κ1) is 41.0. The molecule has 0 spiro atoms. The van der Waals surface area contributed by atoms with Crippen molar-refractivity contribution in [2.24, 2.45) is 0 Å². The third-order valence-corrected chi connectivity index (χ3v) is 8.80. The summed E-state index contributed by atoms with van der Waals surface area (Å²) in [6, 6.07) is 11.4. The van der Waals surface area contributed by atoms with Gasteiger partial charge in [0.1, 0.15) is 17.8 Å². The van der Waals surface area contributed by atoms with Crippen LogP contribution in [0.1, 0.15) is 87.2 Å². The third kappa shape index (κ3) is 14.0. The lowest BCUT2D eigenvalue weighted by atomic mass is 9.86. The molecule has 2 aromatic rings. The maximum absolute atomic E-state index is 13.3. The zero-order chi connectivity index (χ0) is 37.2. The van der Waals surface area contributed by atoms with Crippen LogP contribution in [0.15, 0.2) is 48.5 Å². The van der Waals surface area contributed by atoms with Crippen LogP contribution >= 0.6 is 0 Å². The number of nitrogens with zero attached hydrogens (tertiary/aromatic N) is 2. The Bertz CT molecular complexity index is 1420. The topological polar surface area (TPSA) is 180 Å². The average molecular weight is 706 g/mol. The van der Waals surface area contributed by atoms with Gasteiger partial charge in [-0.15, -0.1) is 0 Å². The van der Waals surface area contributed by atoms with Crippen molar-refractivity contribution in [2.45, 2.75) is 96.7 Å². The summed E-state index contributed by atoms with van der Waals surface area (Å²) in [6.07, 6.45) is 5.06. The molecule has 0 saturated carbocycles. The van der Waals surface area contributed by atoms with Gasteiger partial charge in [0.05, 0.1) is 13.0 Å². The highest BCUT2D eigenvalue weighted by Gasteiger charge is 2.32. The van der Waals surface area contributed by atoms with Gasteiger partial charge in [-0.25, -0.2) is 0 Å². The number of rotatable bonds is 21. The minimum atomic E-state index is -0.808. The summed E-state index contributed by atoms with van der Waals surface area (Å²) in [7, 11) is 1.02. The van der Waals surface area contributed by atoms with Crippen LogP contribution in [0.5, 0.6) is 5.75 Å². The van der Waals surface area contributed by atoms with E-state index in [0.717, 1.165) is 45.4 Å². The summed E-state index contributed by atoms with van der Waals surface area (Å²) in [4.78, 5) is 68.0. The van der Waals surface area contributed by atoms with Crippen molar-refractivity contribution in [1.29, 1.82) is 0 Å². The van der Waals surface area contributed by atoms with E-state index in [9.17, 15) is 34.1 Å². The van der Waals surface area contributed by atoms with E-state index >= 15 is 0 Å². The molecule has 1 fully saturated rings. The molecule has 5 amide bonds. The van der Waals surface area contributed by atoms with Crippen molar-refractivity contribution in [3.63, 3.8) is 0 Å². The van der Waals surface area contributed by atoms with Gasteiger partial charge in [0, 0.05) is 31.1 Å². The van der Waals surface area contributed by atoms with Gasteiger partial charge in [-0.05, 0) is 100 Å². The molecule has 1 aliphatic rings. The largest absolute Gasteiger partial charge is 0.508 e. The van der Waals surface area contributed by atoms with Crippen LogP contribution in [0.4, 0.5) is 0 Å². The molecule has 3 atom stereocenters. The molecule has 13 nitrogen and oxygen atoms in total. The predicted molar refractivity (Wildman–Crippen MR) is 196 cm³/mol. The van der Waals surface area contributed by atoms with Crippen LogP contribution in [0.2, 0.25) is 0 Å². The van der Waals surface area contributed by atoms with Crippen molar-refractivity contribution in [3.8, 4) is 5.75 Å². The summed E-state index contributed by atoms with van der Waals surface area (Å²) in [5, 5.41) is 30.4. The average Bonchev–Trinajstić information content (AvgIpc) is 3.60. The van der Waals surface area contributed by atoms with E-state index in [0.29, 0.717) is 56.4 Å². The number of unbranched alkanes of at least 4 members (excludes halogenated alkanes) is 1. The van der Waals surface area contributed by atoms with Crippen LogP contribution in [0.25, 0.3) is 0 Å². The van der Waals surface area contributed by atoms with Crippen molar-refractivity contribution < 1.29 is 34.1 Å². The quantitative estimate of drug-likeness (QED) is 0.0841. The van der Waals surface area contributed by atoms with Gasteiger partial charge in [-0.1, -0.05) is 38.1 Å². The van der Waals surface area contributed by atoms with Gasteiger partial charge >= 0.3 is 7.48 Å². The highest BCUT2D eigenvalue weighted by Crippen LogP contribution is 2.17. The number of nitrogens with one attached hydrogen (secondary N) is 4. The maximum Gasteiger partial charge on any atom is 0.312 e. The number of carbonyl (C=O) groups excluding carboxylic acids is 5. The van der Waals surface area contributed by atoms with E-state index in [4.69, 9.17) is 0 Å². The van der Waals surface area contributed by atoms with Crippen molar-refractivity contribution in [2.75, 3.05) is 32.7 Å². The fraction of sp³-hybridized carbons (Fsp3) is 0.541. The molecule has 3 unspecified atom stereocenters. The summed E-state index contributed by atoms with van der Waals surface area (Å²) in [6.45, 7) is 9.04. The number of aromatic hydroxyl groups is 1. The van der Waals surface area contributed by atoms with Crippen LogP contribution in [0, 0.1) is 0 Å². The zero-order valence-corrected chi connectivity index (χ0v) is 30.2. The second-order valence-electron chi connectivity index (χ2n) is 13.1. The lowest BCUT2D eigenvalue weighted by molar-refractivity contribution is -0.132. The highest BCUT2D eigenvalue weighted by molar-refractivity contribution is 6.28. The summed E-state index contributed by atoms with van der Waals surface area (Å²) in [5.41, 5.74) is 1.78. The number of benzene rings is 2. The minimum absolute atomic E-state index is 0.0306. The van der Waals surface area contributed by atoms with E-state index in [1.54, 1.807) is 48.2 Å². The molecule has 51 heavy (non-hydrogen) atoms. The number of hydrogen-bond acceptors (Lipinski definition) is 8. The molecule has 14 heteroatoms. The fourth-order valence-electron chi connectivity index (χ4n) is 6.07. The third-order valence-electron chi connectivity index (χ3n) is 8.80. The number of phenolic OH excluding ortho intramolecular Hbond substituents is 1. The van der Waals surface area contributed by atoms with E-state index in [1.165, 1.54) is 12.1 Å². The van der Waals surface area contributed by atoms with E-state index < -0.39 is 18.0 Å². The number of hydrogen-bond donors (Lipinski definition) is 6. The predicted octanol–water partition coefficient (Wildman–Crippen LogP) is 1.82. The Balaban J connectivity index is 1.52. The Labute approximate surface area is 302 Å². The highest BCUT2D eigenvalue weighted by atomic mass is 16.3. The molecule has 1 heterocycles. The zero-order valence-electron chi connectivity index (χ0n) is 30.2.